The third-order valence-corrected chi connectivity index (χ3v) is 2.84. The van der Waals surface area contributed by atoms with Gasteiger partial charge >= 0.3 is 0 Å². The van der Waals surface area contributed by atoms with Gasteiger partial charge in [0.25, 0.3) is 0 Å². The maximum atomic E-state index is 5.85. The molecule has 0 saturated heterocycles. The average molecular weight is 216 g/mol. The Morgan fingerprint density at radius 1 is 1.31 bits per heavy atom. The number of aryl methyl sites for hydroxylation is 1. The van der Waals surface area contributed by atoms with Crippen LogP contribution in [0.25, 0.3) is 0 Å². The number of hydrogen-bond donors (Lipinski definition) is 0. The van der Waals surface area contributed by atoms with Crippen LogP contribution >= 0.6 is 0 Å². The van der Waals surface area contributed by atoms with Crippen molar-refractivity contribution in [1.82, 2.24) is 0 Å². The van der Waals surface area contributed by atoms with E-state index in [2.05, 4.69) is 24.3 Å². The largest absolute Gasteiger partial charge is 0.360 e. The molecular weight excluding hydrogens is 199 g/mol. The molecule has 1 aliphatic carbocycles. The summed E-state index contributed by atoms with van der Waals surface area (Å²) in [4.78, 5) is 0. The molecule has 0 aromatic heterocycles. The maximum Gasteiger partial charge on any atom is 0.154 e. The van der Waals surface area contributed by atoms with E-state index in [-0.39, 0.29) is 18.4 Å². The van der Waals surface area contributed by atoms with Crippen LogP contribution in [0.4, 0.5) is 0 Å². The quantitative estimate of drug-likeness (QED) is 0.568. The highest BCUT2D eigenvalue weighted by molar-refractivity contribution is 6.10. The standard InChI is InChI=1S/C13H17BO2/c1-9(14)15-10(2)16-13-8-7-11-5-3-4-6-12(11)13/h3-6,9-10,13H,7-8H2,1-2H3. The summed E-state index contributed by atoms with van der Waals surface area (Å²) >= 11 is 0. The average Bonchev–Trinajstić information content (AvgIpc) is 2.61. The van der Waals surface area contributed by atoms with E-state index in [1.54, 1.807) is 0 Å². The van der Waals surface area contributed by atoms with Crippen molar-refractivity contribution in [3.05, 3.63) is 35.4 Å². The second-order valence-electron chi connectivity index (χ2n) is 4.27. The van der Waals surface area contributed by atoms with Gasteiger partial charge in [-0.05, 0) is 37.8 Å². The van der Waals surface area contributed by atoms with E-state index >= 15 is 0 Å². The van der Waals surface area contributed by atoms with E-state index in [4.69, 9.17) is 17.3 Å². The predicted molar refractivity (Wildman–Crippen MR) is 64.4 cm³/mol. The predicted octanol–water partition coefficient (Wildman–Crippen LogP) is 2.57. The van der Waals surface area contributed by atoms with Gasteiger partial charge in [-0.1, -0.05) is 24.3 Å². The van der Waals surface area contributed by atoms with E-state index in [9.17, 15) is 0 Å². The smallest absolute Gasteiger partial charge is 0.154 e. The van der Waals surface area contributed by atoms with Crippen molar-refractivity contribution in [2.75, 3.05) is 0 Å². The summed E-state index contributed by atoms with van der Waals surface area (Å²) in [5.41, 5.74) is 2.68. The first-order valence-corrected chi connectivity index (χ1v) is 5.81. The molecule has 16 heavy (non-hydrogen) atoms. The molecule has 0 N–H and O–H groups in total. The fourth-order valence-corrected chi connectivity index (χ4v) is 2.23. The van der Waals surface area contributed by atoms with E-state index in [0.717, 1.165) is 12.8 Å². The Hall–Kier alpha value is -0.795. The highest BCUT2D eigenvalue weighted by Crippen LogP contribution is 2.34. The minimum atomic E-state index is -0.286. The second kappa shape index (κ2) is 5.02. The molecule has 3 unspecified atom stereocenters. The topological polar surface area (TPSA) is 18.5 Å². The van der Waals surface area contributed by atoms with Crippen LogP contribution < -0.4 is 0 Å². The van der Waals surface area contributed by atoms with Gasteiger partial charge in [0.05, 0.1) is 6.10 Å². The van der Waals surface area contributed by atoms with E-state index in [1.165, 1.54) is 11.1 Å². The van der Waals surface area contributed by atoms with Gasteiger partial charge in [-0.25, -0.2) is 0 Å². The first-order chi connectivity index (χ1) is 7.66. The van der Waals surface area contributed by atoms with Crippen LogP contribution in [-0.4, -0.2) is 20.1 Å². The number of hydrogen-bond acceptors (Lipinski definition) is 2. The van der Waals surface area contributed by atoms with Crippen LogP contribution in [0.15, 0.2) is 24.3 Å². The van der Waals surface area contributed by atoms with Crippen molar-refractivity contribution in [2.24, 2.45) is 0 Å². The van der Waals surface area contributed by atoms with Crippen LogP contribution in [0.1, 0.15) is 37.5 Å². The van der Waals surface area contributed by atoms with Gasteiger partial charge in [0, 0.05) is 6.00 Å². The first kappa shape index (κ1) is 11.7. The van der Waals surface area contributed by atoms with Crippen molar-refractivity contribution < 1.29 is 9.47 Å². The number of ether oxygens (including phenoxy) is 2. The lowest BCUT2D eigenvalue weighted by Crippen LogP contribution is -2.21. The summed E-state index contributed by atoms with van der Waals surface area (Å²) in [6.07, 6.45) is 2.03. The SMILES string of the molecule is [B]C(C)OC(C)OC1CCc2ccccc21. The van der Waals surface area contributed by atoms with E-state index in [1.807, 2.05) is 13.8 Å². The van der Waals surface area contributed by atoms with Gasteiger partial charge in [-0.2, -0.15) is 0 Å². The third kappa shape index (κ3) is 2.66. The van der Waals surface area contributed by atoms with Crippen LogP contribution in [0, 0.1) is 0 Å². The van der Waals surface area contributed by atoms with Crippen molar-refractivity contribution in [3.8, 4) is 0 Å². The molecular formula is C13H17BO2. The van der Waals surface area contributed by atoms with Crippen LogP contribution in [0.2, 0.25) is 0 Å². The van der Waals surface area contributed by atoms with Gasteiger partial charge in [-0.15, -0.1) is 0 Å². The summed E-state index contributed by atoms with van der Waals surface area (Å²) in [7, 11) is 5.56. The first-order valence-electron chi connectivity index (χ1n) is 5.81. The van der Waals surface area contributed by atoms with Gasteiger partial charge in [-0.3, -0.25) is 0 Å². The molecule has 84 valence electrons. The normalized spacial score (nSPS) is 22.8. The highest BCUT2D eigenvalue weighted by Gasteiger charge is 2.24. The van der Waals surface area contributed by atoms with Gasteiger partial charge < -0.3 is 9.47 Å². The highest BCUT2D eigenvalue weighted by atomic mass is 16.7. The Labute approximate surface area is 98.4 Å². The summed E-state index contributed by atoms with van der Waals surface area (Å²) in [5.74, 6) is 0. The summed E-state index contributed by atoms with van der Waals surface area (Å²) < 4.78 is 11.2. The minimum absolute atomic E-state index is 0.157. The van der Waals surface area contributed by atoms with Crippen LogP contribution in [-0.2, 0) is 15.9 Å². The Balaban J connectivity index is 1.98. The summed E-state index contributed by atoms with van der Waals surface area (Å²) in [5, 5.41) is 0. The van der Waals surface area contributed by atoms with Gasteiger partial charge in [0.15, 0.2) is 6.29 Å². The molecule has 3 atom stereocenters. The number of benzene rings is 1. The van der Waals surface area contributed by atoms with Crippen LogP contribution in [0.5, 0.6) is 0 Å². The monoisotopic (exact) mass is 216 g/mol. The van der Waals surface area contributed by atoms with Gasteiger partial charge in [0.1, 0.15) is 7.85 Å². The zero-order valence-electron chi connectivity index (χ0n) is 9.85. The minimum Gasteiger partial charge on any atom is -0.360 e. The lowest BCUT2D eigenvalue weighted by molar-refractivity contribution is -0.167. The fourth-order valence-electron chi connectivity index (χ4n) is 2.23. The van der Waals surface area contributed by atoms with Crippen molar-refractivity contribution in [2.45, 2.75) is 45.1 Å². The number of rotatable bonds is 4. The lowest BCUT2D eigenvalue weighted by atomic mass is 10.0. The van der Waals surface area contributed by atoms with E-state index < -0.39 is 0 Å². The Bertz CT molecular complexity index is 352. The Morgan fingerprint density at radius 3 is 2.81 bits per heavy atom. The molecule has 1 aliphatic rings. The second-order valence-corrected chi connectivity index (χ2v) is 4.27. The summed E-state index contributed by atoms with van der Waals surface area (Å²) in [6.45, 7) is 3.70. The van der Waals surface area contributed by atoms with E-state index in [0.29, 0.717) is 0 Å². The molecule has 0 bridgehead atoms. The van der Waals surface area contributed by atoms with Gasteiger partial charge in [0.2, 0.25) is 0 Å². The fraction of sp³-hybridized carbons (Fsp3) is 0.538. The Morgan fingerprint density at radius 2 is 2.06 bits per heavy atom. The molecule has 1 aromatic carbocycles. The molecule has 0 spiro atoms. The Kier molecular flexibility index (Phi) is 3.67. The maximum absolute atomic E-state index is 5.85. The molecule has 3 heteroatoms. The van der Waals surface area contributed by atoms with Crippen molar-refractivity contribution >= 4 is 7.85 Å². The molecule has 0 aliphatic heterocycles. The molecule has 0 fully saturated rings. The van der Waals surface area contributed by atoms with Crippen molar-refractivity contribution in [3.63, 3.8) is 0 Å². The zero-order chi connectivity index (χ0) is 11.5. The summed E-state index contributed by atoms with van der Waals surface area (Å²) in [6, 6.07) is 8.13. The number of fused-ring (bicyclic) bond motifs is 1. The molecule has 0 amide bonds. The lowest BCUT2D eigenvalue weighted by Gasteiger charge is -2.21. The van der Waals surface area contributed by atoms with Crippen molar-refractivity contribution in [1.29, 1.82) is 0 Å². The third-order valence-electron chi connectivity index (χ3n) is 2.84. The molecule has 1 aromatic rings. The zero-order valence-corrected chi connectivity index (χ0v) is 9.85. The molecule has 2 nitrogen and oxygen atoms in total. The van der Waals surface area contributed by atoms with Crippen LogP contribution in [0.3, 0.4) is 0 Å². The molecule has 0 heterocycles. The molecule has 2 rings (SSSR count). The molecule has 0 saturated carbocycles. The molecule has 2 radical (unpaired) electrons.